The summed E-state index contributed by atoms with van der Waals surface area (Å²) >= 11 is 0. The van der Waals surface area contributed by atoms with Gasteiger partial charge in [0.05, 0.1) is 23.9 Å². The first-order chi connectivity index (χ1) is 12.8. The van der Waals surface area contributed by atoms with E-state index in [2.05, 4.69) is 0 Å². The first-order valence-corrected chi connectivity index (χ1v) is 11.0. The van der Waals surface area contributed by atoms with Crippen molar-refractivity contribution in [1.29, 1.82) is 0 Å². The van der Waals surface area contributed by atoms with Gasteiger partial charge in [-0.05, 0) is 24.6 Å². The fourth-order valence-corrected chi connectivity index (χ4v) is 4.87. The predicted molar refractivity (Wildman–Crippen MR) is 110 cm³/mol. The molecular formula is C19H26ClN3O4S. The van der Waals surface area contributed by atoms with Crippen LogP contribution in [0, 0.1) is 5.92 Å². The molecule has 0 unspecified atom stereocenters. The van der Waals surface area contributed by atoms with Gasteiger partial charge in [0.25, 0.3) is 0 Å². The Morgan fingerprint density at radius 2 is 1.82 bits per heavy atom. The molecule has 0 bridgehead atoms. The highest BCUT2D eigenvalue weighted by Crippen LogP contribution is 2.40. The molecule has 0 aromatic rings. The van der Waals surface area contributed by atoms with E-state index in [1.54, 1.807) is 11.0 Å². The van der Waals surface area contributed by atoms with Gasteiger partial charge in [-0.25, -0.2) is 12.7 Å². The fourth-order valence-electron chi connectivity index (χ4n) is 3.85. The lowest BCUT2D eigenvalue weighted by molar-refractivity contribution is -0.133. The van der Waals surface area contributed by atoms with Crippen LogP contribution in [0.1, 0.15) is 26.2 Å². The first-order valence-electron chi connectivity index (χ1n) is 9.15. The fraction of sp³-hybridized carbons (Fsp3) is 0.474. The van der Waals surface area contributed by atoms with E-state index < -0.39 is 27.9 Å². The molecule has 2 amide bonds. The topological polar surface area (TPSA) is 78.0 Å². The Morgan fingerprint density at radius 1 is 1.18 bits per heavy atom. The lowest BCUT2D eigenvalue weighted by Gasteiger charge is -2.27. The highest BCUT2D eigenvalue weighted by atomic mass is 35.5. The normalized spacial score (nSPS) is 23.6. The van der Waals surface area contributed by atoms with E-state index in [1.807, 2.05) is 48.5 Å². The Hall–Kier alpha value is -2.06. The highest BCUT2D eigenvalue weighted by molar-refractivity contribution is 7.89. The molecule has 0 N–H and O–H groups in total. The van der Waals surface area contributed by atoms with Gasteiger partial charge >= 0.3 is 0 Å². The second kappa shape index (κ2) is 8.96. The maximum atomic E-state index is 12.9. The predicted octanol–water partition coefficient (Wildman–Crippen LogP) is 2.01. The van der Waals surface area contributed by atoms with E-state index in [4.69, 9.17) is 0 Å². The molecule has 2 atom stereocenters. The molecule has 1 saturated heterocycles. The van der Waals surface area contributed by atoms with Crippen molar-refractivity contribution in [3.8, 4) is 0 Å². The van der Waals surface area contributed by atoms with Crippen LogP contribution in [-0.2, 0) is 19.6 Å². The van der Waals surface area contributed by atoms with Crippen molar-refractivity contribution in [3.05, 3.63) is 48.5 Å². The van der Waals surface area contributed by atoms with Crippen LogP contribution >= 0.6 is 12.4 Å². The molecule has 3 aliphatic heterocycles. The van der Waals surface area contributed by atoms with Gasteiger partial charge in [0.1, 0.15) is 0 Å². The van der Waals surface area contributed by atoms with E-state index >= 15 is 0 Å². The molecule has 7 nitrogen and oxygen atoms in total. The summed E-state index contributed by atoms with van der Waals surface area (Å²) in [6.07, 6.45) is 15.7. The molecule has 0 saturated carbocycles. The number of fused-ring (bicyclic) bond motifs is 1. The number of hydrogen-bond donors (Lipinski definition) is 0. The average molecular weight is 428 g/mol. The Labute approximate surface area is 172 Å². The van der Waals surface area contributed by atoms with Crippen LogP contribution in [0.15, 0.2) is 48.5 Å². The number of carbonyl (C=O) groups excluding carboxylic acids is 2. The van der Waals surface area contributed by atoms with Crippen LogP contribution in [0.25, 0.3) is 0 Å². The molecule has 1 fully saturated rings. The largest absolute Gasteiger partial charge is 0.354 e. The highest BCUT2D eigenvalue weighted by Gasteiger charge is 2.53. The molecular weight excluding hydrogens is 402 g/mol. The minimum atomic E-state index is -3.70. The summed E-state index contributed by atoms with van der Waals surface area (Å²) in [5, 5.41) is 0. The Bertz CT molecular complexity index is 831. The summed E-state index contributed by atoms with van der Waals surface area (Å²) in [6, 6.07) is -0.475. The number of allylic oxidation sites excluding steroid dienone is 4. The third-order valence-corrected chi connectivity index (χ3v) is 6.05. The van der Waals surface area contributed by atoms with Crippen LogP contribution < -0.4 is 0 Å². The van der Waals surface area contributed by atoms with Crippen LogP contribution in [0.4, 0.5) is 0 Å². The summed E-state index contributed by atoms with van der Waals surface area (Å²) in [5.41, 5.74) is 0.438. The van der Waals surface area contributed by atoms with Gasteiger partial charge in [-0.3, -0.25) is 9.59 Å². The zero-order valence-corrected chi connectivity index (χ0v) is 17.7. The molecule has 0 aliphatic carbocycles. The molecule has 28 heavy (non-hydrogen) atoms. The number of carbonyl (C=O) groups is 2. The summed E-state index contributed by atoms with van der Waals surface area (Å²) in [7, 11) is -3.70. The number of hydrogen-bond acceptors (Lipinski definition) is 5. The van der Waals surface area contributed by atoms with Crippen molar-refractivity contribution < 1.29 is 18.0 Å². The van der Waals surface area contributed by atoms with E-state index in [9.17, 15) is 18.0 Å². The van der Waals surface area contributed by atoms with Gasteiger partial charge in [0.15, 0.2) is 0 Å². The maximum Gasteiger partial charge on any atom is 0.246 e. The Balaban J connectivity index is 0.00000280. The molecule has 0 spiro atoms. The molecule has 9 heteroatoms. The first kappa shape index (κ1) is 22.2. The monoisotopic (exact) mass is 427 g/mol. The smallest absolute Gasteiger partial charge is 0.246 e. The van der Waals surface area contributed by atoms with Crippen molar-refractivity contribution in [2.75, 3.05) is 19.3 Å². The number of halogens is 1. The Kier molecular flexibility index (Phi) is 7.11. The van der Waals surface area contributed by atoms with Crippen molar-refractivity contribution in [1.82, 2.24) is 14.1 Å². The second-order valence-corrected chi connectivity index (χ2v) is 8.77. The number of rotatable bonds is 6. The standard InChI is InChI=1S/C19H25N3O4S.ClH/c1-3-8-15-18-16(22(19(15)24)27(2,25)26)9-14-21(18)17(23)10-13-20-11-6-4-5-7-12-20;/h4-7,9,11-12,15,18H,3,8,10,13-14H2,1-2H3;1H/t15-,18-;/m1./s1. The van der Waals surface area contributed by atoms with Gasteiger partial charge in [-0.15, -0.1) is 12.4 Å². The van der Waals surface area contributed by atoms with Gasteiger partial charge < -0.3 is 9.80 Å². The van der Waals surface area contributed by atoms with E-state index in [-0.39, 0.29) is 24.7 Å². The third-order valence-electron chi connectivity index (χ3n) is 4.99. The van der Waals surface area contributed by atoms with Crippen molar-refractivity contribution >= 4 is 34.2 Å². The van der Waals surface area contributed by atoms with Crippen LogP contribution in [0.2, 0.25) is 0 Å². The summed E-state index contributed by atoms with van der Waals surface area (Å²) in [5.74, 6) is -0.989. The minimum Gasteiger partial charge on any atom is -0.354 e. The Morgan fingerprint density at radius 3 is 2.39 bits per heavy atom. The minimum absolute atomic E-state index is 0. The van der Waals surface area contributed by atoms with Gasteiger partial charge in [-0.2, -0.15) is 0 Å². The van der Waals surface area contributed by atoms with E-state index in [1.165, 1.54) is 0 Å². The van der Waals surface area contributed by atoms with Crippen LogP contribution in [0.5, 0.6) is 0 Å². The maximum absolute atomic E-state index is 12.9. The zero-order valence-electron chi connectivity index (χ0n) is 16.0. The molecule has 3 heterocycles. The van der Waals surface area contributed by atoms with Crippen molar-refractivity contribution in [2.45, 2.75) is 32.2 Å². The molecule has 154 valence electrons. The number of nitrogens with zero attached hydrogens (tertiary/aromatic N) is 3. The van der Waals surface area contributed by atoms with Gasteiger partial charge in [0, 0.05) is 31.9 Å². The average Bonchev–Trinajstić information content (AvgIpc) is 2.99. The van der Waals surface area contributed by atoms with Gasteiger partial charge in [-0.1, -0.05) is 25.5 Å². The van der Waals surface area contributed by atoms with Gasteiger partial charge in [0.2, 0.25) is 21.8 Å². The third kappa shape index (κ3) is 4.33. The molecule has 0 radical (unpaired) electrons. The van der Waals surface area contributed by atoms with E-state index in [0.29, 0.717) is 25.2 Å². The van der Waals surface area contributed by atoms with E-state index in [0.717, 1.165) is 17.0 Å². The molecule has 3 rings (SSSR count). The SMILES string of the molecule is CCC[C@H]1C(=O)N(S(C)(=O)=O)C2=CCN(C(=O)CCN3C=CC=CC=C3)[C@@H]21.Cl. The van der Waals surface area contributed by atoms with Crippen molar-refractivity contribution in [3.63, 3.8) is 0 Å². The van der Waals surface area contributed by atoms with Crippen LogP contribution in [0.3, 0.4) is 0 Å². The summed E-state index contributed by atoms with van der Waals surface area (Å²) in [4.78, 5) is 29.1. The lowest BCUT2D eigenvalue weighted by atomic mass is 9.96. The second-order valence-electron chi connectivity index (χ2n) is 6.94. The number of sulfonamides is 1. The van der Waals surface area contributed by atoms with Crippen molar-refractivity contribution in [2.24, 2.45) is 5.92 Å². The summed E-state index contributed by atoms with van der Waals surface area (Å²) < 4.78 is 25.1. The lowest BCUT2D eigenvalue weighted by Crippen LogP contribution is -2.41. The number of amides is 2. The van der Waals surface area contributed by atoms with Crippen LogP contribution in [-0.4, -0.2) is 59.7 Å². The molecule has 3 aliphatic rings. The zero-order chi connectivity index (χ0) is 19.6. The molecule has 0 aromatic carbocycles. The molecule has 0 aromatic heterocycles. The summed E-state index contributed by atoms with van der Waals surface area (Å²) in [6.45, 7) is 2.81. The quantitative estimate of drug-likeness (QED) is 0.648.